The maximum absolute atomic E-state index is 6.05. The molecule has 0 amide bonds. The van der Waals surface area contributed by atoms with Crippen LogP contribution in [0.15, 0.2) is 53.1 Å². The fourth-order valence-electron chi connectivity index (χ4n) is 3.42. The molecule has 4 aromatic rings. The zero-order chi connectivity index (χ0) is 20.7. The molecule has 9 heteroatoms. The molecule has 0 fully saturated rings. The molecule has 8 nitrogen and oxygen atoms in total. The van der Waals surface area contributed by atoms with E-state index in [9.17, 15) is 0 Å². The molecule has 5 rings (SSSR count). The molecule has 152 valence electrons. The number of benzene rings is 2. The van der Waals surface area contributed by atoms with Gasteiger partial charge in [-0.1, -0.05) is 40.2 Å². The van der Waals surface area contributed by atoms with E-state index < -0.39 is 0 Å². The van der Waals surface area contributed by atoms with Gasteiger partial charge in [0.1, 0.15) is 6.10 Å². The smallest absolute Gasteiger partial charge is 0.258 e. The van der Waals surface area contributed by atoms with Gasteiger partial charge < -0.3 is 14.2 Å². The van der Waals surface area contributed by atoms with Crippen molar-refractivity contribution in [2.75, 3.05) is 19.0 Å². The second-order valence-corrected chi connectivity index (χ2v) is 7.72. The van der Waals surface area contributed by atoms with E-state index in [1.54, 1.807) is 0 Å². The molecule has 1 aliphatic rings. The van der Waals surface area contributed by atoms with Crippen molar-refractivity contribution in [1.82, 2.24) is 25.1 Å². The number of hydrogen-bond acceptors (Lipinski definition) is 7. The Hall–Kier alpha value is -3.23. The maximum atomic E-state index is 6.05. The molecule has 2 aromatic heterocycles. The number of hydrogen-bond donors (Lipinski definition) is 0. The Kier molecular flexibility index (Phi) is 4.72. The summed E-state index contributed by atoms with van der Waals surface area (Å²) in [5.74, 6) is 0.835. The highest BCUT2D eigenvalue weighted by atomic mass is 35.5. The Balaban J connectivity index is 1.40. The van der Waals surface area contributed by atoms with Crippen molar-refractivity contribution < 1.29 is 9.26 Å². The summed E-state index contributed by atoms with van der Waals surface area (Å²) >= 11 is 5.98. The van der Waals surface area contributed by atoms with Crippen LogP contribution in [0.3, 0.4) is 0 Å². The van der Waals surface area contributed by atoms with Crippen molar-refractivity contribution in [3.05, 3.63) is 64.8 Å². The van der Waals surface area contributed by atoms with Crippen LogP contribution in [0.4, 0.5) is 5.69 Å². The molecule has 0 N–H and O–H groups in total. The fraction of sp³-hybridized carbons (Fsp3) is 0.238. The van der Waals surface area contributed by atoms with Crippen molar-refractivity contribution in [2.45, 2.75) is 19.3 Å². The number of nitrogens with zero attached hydrogens (tertiary/aromatic N) is 6. The van der Waals surface area contributed by atoms with Crippen molar-refractivity contribution in [3.63, 3.8) is 0 Å². The van der Waals surface area contributed by atoms with Crippen LogP contribution in [0.2, 0.25) is 5.02 Å². The molecule has 1 aliphatic heterocycles. The number of fused-ring (bicyclic) bond motifs is 1. The Morgan fingerprint density at radius 1 is 1.13 bits per heavy atom. The minimum absolute atomic E-state index is 0.112. The number of rotatable bonds is 4. The largest absolute Gasteiger partial charge is 0.378 e. The molecule has 0 aliphatic carbocycles. The highest BCUT2D eigenvalue weighted by molar-refractivity contribution is 6.30. The van der Waals surface area contributed by atoms with Crippen LogP contribution in [0.1, 0.15) is 17.4 Å². The van der Waals surface area contributed by atoms with Gasteiger partial charge in [0.15, 0.2) is 5.69 Å². The lowest BCUT2D eigenvalue weighted by atomic mass is 10.1. The Morgan fingerprint density at radius 2 is 1.97 bits per heavy atom. The summed E-state index contributed by atoms with van der Waals surface area (Å²) in [5.41, 5.74) is 4.35. The summed E-state index contributed by atoms with van der Waals surface area (Å²) in [6.07, 6.45) is -0.112. The van der Waals surface area contributed by atoms with E-state index in [-0.39, 0.29) is 6.10 Å². The fourth-order valence-corrected chi connectivity index (χ4v) is 3.54. The average Bonchev–Trinajstić information content (AvgIpc) is 3.41. The van der Waals surface area contributed by atoms with E-state index in [2.05, 4.69) is 20.5 Å². The molecule has 1 atom stereocenters. The van der Waals surface area contributed by atoms with Gasteiger partial charge in [-0.05, 0) is 35.9 Å². The van der Waals surface area contributed by atoms with Crippen LogP contribution in [0.5, 0.6) is 0 Å². The summed E-state index contributed by atoms with van der Waals surface area (Å²) < 4.78 is 13.4. The third kappa shape index (κ3) is 3.44. The predicted octanol–water partition coefficient (Wildman–Crippen LogP) is 3.99. The van der Waals surface area contributed by atoms with E-state index in [1.807, 2.05) is 72.2 Å². The number of halogens is 1. The first kappa shape index (κ1) is 18.8. The zero-order valence-electron chi connectivity index (χ0n) is 16.5. The topological polar surface area (TPSA) is 82.1 Å². The van der Waals surface area contributed by atoms with Gasteiger partial charge in [0, 0.05) is 30.4 Å². The molecule has 3 heterocycles. The molecular formula is C21H19ClN6O2. The molecule has 0 bridgehead atoms. The summed E-state index contributed by atoms with van der Waals surface area (Å²) in [6.45, 7) is 0.912. The highest BCUT2D eigenvalue weighted by Gasteiger charge is 2.27. The molecule has 0 saturated heterocycles. The van der Waals surface area contributed by atoms with Gasteiger partial charge in [-0.3, -0.25) is 0 Å². The molecular weight excluding hydrogens is 404 g/mol. The van der Waals surface area contributed by atoms with Crippen LogP contribution in [0.25, 0.3) is 23.0 Å². The zero-order valence-corrected chi connectivity index (χ0v) is 17.2. The summed E-state index contributed by atoms with van der Waals surface area (Å²) in [5, 5.41) is 13.4. The third-order valence-corrected chi connectivity index (χ3v) is 5.34. The van der Waals surface area contributed by atoms with Gasteiger partial charge in [0.05, 0.1) is 18.8 Å². The molecule has 0 unspecified atom stereocenters. The van der Waals surface area contributed by atoms with Crippen molar-refractivity contribution >= 4 is 17.3 Å². The summed E-state index contributed by atoms with van der Waals surface area (Å²) in [7, 11) is 3.97. The molecule has 0 radical (unpaired) electrons. The number of aromatic nitrogens is 5. The molecule has 30 heavy (non-hydrogen) atoms. The quantitative estimate of drug-likeness (QED) is 0.491. The van der Waals surface area contributed by atoms with Crippen molar-refractivity contribution in [1.29, 1.82) is 0 Å². The summed E-state index contributed by atoms with van der Waals surface area (Å²) in [4.78, 5) is 6.55. The standard InChI is InChI=1S/C21H19ClN6O2/c1-27(2)16-5-3-4-14(10-16)21-23-20(25-30-21)19-17-12-29-18(11-28(17)26-24-19)13-6-8-15(22)9-7-13/h3-10,18H,11-12H2,1-2H3/t18-/m1/s1. The van der Waals surface area contributed by atoms with E-state index in [4.69, 9.17) is 20.9 Å². The van der Waals surface area contributed by atoms with Crippen LogP contribution >= 0.6 is 11.6 Å². The first-order chi connectivity index (χ1) is 14.6. The van der Waals surface area contributed by atoms with Gasteiger partial charge >= 0.3 is 0 Å². The Bertz CT molecular complexity index is 1180. The van der Waals surface area contributed by atoms with Gasteiger partial charge in [-0.2, -0.15) is 4.98 Å². The van der Waals surface area contributed by atoms with Crippen LogP contribution in [-0.4, -0.2) is 39.2 Å². The third-order valence-electron chi connectivity index (χ3n) is 5.09. The SMILES string of the molecule is CN(C)c1cccc(-c2nc(-c3nnn4c3CO[C@@H](c3ccc(Cl)cc3)C4)no2)c1. The van der Waals surface area contributed by atoms with Gasteiger partial charge in [-0.15, -0.1) is 5.10 Å². The normalized spacial score (nSPS) is 15.8. The molecule has 0 spiro atoms. The molecule has 0 saturated carbocycles. The summed E-state index contributed by atoms with van der Waals surface area (Å²) in [6, 6.07) is 15.5. The van der Waals surface area contributed by atoms with Crippen molar-refractivity contribution in [2.24, 2.45) is 0 Å². The van der Waals surface area contributed by atoms with Crippen LogP contribution in [0, 0.1) is 0 Å². The monoisotopic (exact) mass is 422 g/mol. The first-order valence-electron chi connectivity index (χ1n) is 9.50. The lowest BCUT2D eigenvalue weighted by Gasteiger charge is -2.24. The lowest BCUT2D eigenvalue weighted by Crippen LogP contribution is -2.22. The first-order valence-corrected chi connectivity index (χ1v) is 9.87. The Labute approximate surface area is 178 Å². The van der Waals surface area contributed by atoms with Crippen LogP contribution in [-0.2, 0) is 17.9 Å². The highest BCUT2D eigenvalue weighted by Crippen LogP contribution is 2.31. The average molecular weight is 423 g/mol. The minimum atomic E-state index is -0.112. The van der Waals surface area contributed by atoms with Crippen LogP contribution < -0.4 is 4.90 Å². The number of anilines is 1. The van der Waals surface area contributed by atoms with E-state index in [1.165, 1.54) is 0 Å². The van der Waals surface area contributed by atoms with E-state index in [0.29, 0.717) is 35.6 Å². The van der Waals surface area contributed by atoms with Gasteiger partial charge in [0.2, 0.25) is 5.82 Å². The molecule has 2 aromatic carbocycles. The maximum Gasteiger partial charge on any atom is 0.258 e. The minimum Gasteiger partial charge on any atom is -0.378 e. The van der Waals surface area contributed by atoms with E-state index >= 15 is 0 Å². The predicted molar refractivity (Wildman–Crippen MR) is 112 cm³/mol. The van der Waals surface area contributed by atoms with Gasteiger partial charge in [-0.25, -0.2) is 4.68 Å². The van der Waals surface area contributed by atoms with Gasteiger partial charge in [0.25, 0.3) is 5.89 Å². The second kappa shape index (κ2) is 7.55. The Morgan fingerprint density at radius 3 is 2.77 bits per heavy atom. The second-order valence-electron chi connectivity index (χ2n) is 7.29. The lowest BCUT2D eigenvalue weighted by molar-refractivity contribution is -0.00111. The van der Waals surface area contributed by atoms with Crippen molar-refractivity contribution in [3.8, 4) is 23.0 Å². The number of ether oxygens (including phenoxy) is 1. The van der Waals surface area contributed by atoms with E-state index in [0.717, 1.165) is 22.5 Å².